The first-order valence-corrected chi connectivity index (χ1v) is 7.35. The maximum Gasteiger partial charge on any atom is 0.0933 e. The van der Waals surface area contributed by atoms with Gasteiger partial charge in [0.25, 0.3) is 0 Å². The van der Waals surface area contributed by atoms with Gasteiger partial charge in [-0.25, -0.2) is 4.98 Å². The zero-order valence-electron chi connectivity index (χ0n) is 12.4. The van der Waals surface area contributed by atoms with E-state index in [0.717, 1.165) is 6.42 Å². The van der Waals surface area contributed by atoms with Gasteiger partial charge in [-0.2, -0.15) is 0 Å². The van der Waals surface area contributed by atoms with Crippen LogP contribution in [0.5, 0.6) is 0 Å². The molecule has 0 atom stereocenters. The first-order valence-electron chi connectivity index (χ1n) is 6.54. The summed E-state index contributed by atoms with van der Waals surface area (Å²) < 4.78 is 0. The first-order chi connectivity index (χ1) is 7.59. The van der Waals surface area contributed by atoms with Crippen LogP contribution >= 0.6 is 11.3 Å². The molecule has 0 bridgehead atoms. The van der Waals surface area contributed by atoms with Crippen molar-refractivity contribution in [2.45, 2.75) is 67.2 Å². The molecule has 0 radical (unpaired) electrons. The van der Waals surface area contributed by atoms with Gasteiger partial charge in [0.05, 0.1) is 5.01 Å². The molecule has 1 nitrogen and oxygen atoms in total. The van der Waals surface area contributed by atoms with Gasteiger partial charge in [0.15, 0.2) is 0 Å². The zero-order chi connectivity index (χ0) is 13.3. The van der Waals surface area contributed by atoms with Gasteiger partial charge in [-0.3, -0.25) is 0 Å². The van der Waals surface area contributed by atoms with Crippen LogP contribution in [-0.2, 0) is 6.42 Å². The van der Waals surface area contributed by atoms with Crippen molar-refractivity contribution in [2.24, 2.45) is 10.8 Å². The van der Waals surface area contributed by atoms with Gasteiger partial charge in [0, 0.05) is 17.5 Å². The molecule has 98 valence electrons. The average molecular weight is 253 g/mol. The Balaban J connectivity index is 2.69. The molecule has 17 heavy (non-hydrogen) atoms. The monoisotopic (exact) mass is 253 g/mol. The maximum atomic E-state index is 4.57. The lowest BCUT2D eigenvalue weighted by Crippen LogP contribution is -2.22. The molecule has 0 aromatic carbocycles. The van der Waals surface area contributed by atoms with Gasteiger partial charge in [-0.15, -0.1) is 11.3 Å². The fourth-order valence-electron chi connectivity index (χ4n) is 2.58. The Morgan fingerprint density at radius 3 is 2.18 bits per heavy atom. The summed E-state index contributed by atoms with van der Waals surface area (Å²) in [6.45, 7) is 16.1. The third kappa shape index (κ3) is 5.20. The summed E-state index contributed by atoms with van der Waals surface area (Å²) in [5.41, 5.74) is 0.728. The van der Waals surface area contributed by atoms with Gasteiger partial charge in [0.2, 0.25) is 0 Å². The van der Waals surface area contributed by atoms with E-state index >= 15 is 0 Å². The topological polar surface area (TPSA) is 12.9 Å². The normalized spacial score (nSPS) is 13.4. The Labute approximate surface area is 111 Å². The summed E-state index contributed by atoms with van der Waals surface area (Å²) in [4.78, 5) is 5.98. The minimum Gasteiger partial charge on any atom is -0.249 e. The molecule has 0 unspecified atom stereocenters. The molecule has 1 aromatic rings. The van der Waals surface area contributed by atoms with Gasteiger partial charge in [-0.1, -0.05) is 48.5 Å². The molecule has 0 aliphatic carbocycles. The third-order valence-corrected chi connectivity index (χ3v) is 4.08. The molecule has 0 saturated carbocycles. The number of thiazole rings is 1. The molecule has 1 heterocycles. The standard InChI is InChI=1S/C15H27NS/c1-11(2)12-9-16-13(17-12)8-15(6,7)10-14(3,4)5/h9,11H,8,10H2,1-7H3. The molecule has 0 amide bonds. The van der Waals surface area contributed by atoms with Crippen LogP contribution in [-0.4, -0.2) is 4.98 Å². The lowest BCUT2D eigenvalue weighted by molar-refractivity contribution is 0.211. The van der Waals surface area contributed by atoms with E-state index in [0.29, 0.717) is 16.7 Å². The molecule has 0 spiro atoms. The van der Waals surface area contributed by atoms with Crippen LogP contribution in [0.4, 0.5) is 0 Å². The fraction of sp³-hybridized carbons (Fsp3) is 0.800. The van der Waals surface area contributed by atoms with E-state index in [2.05, 4.69) is 59.6 Å². The van der Waals surface area contributed by atoms with Gasteiger partial charge < -0.3 is 0 Å². The number of hydrogen-bond acceptors (Lipinski definition) is 2. The van der Waals surface area contributed by atoms with Crippen LogP contribution in [0, 0.1) is 10.8 Å². The van der Waals surface area contributed by atoms with E-state index in [1.165, 1.54) is 16.3 Å². The lowest BCUT2D eigenvalue weighted by atomic mass is 9.74. The molecule has 1 rings (SSSR count). The zero-order valence-corrected chi connectivity index (χ0v) is 13.2. The van der Waals surface area contributed by atoms with Crippen LogP contribution in [0.3, 0.4) is 0 Å². The Hall–Kier alpha value is -0.370. The van der Waals surface area contributed by atoms with E-state index in [9.17, 15) is 0 Å². The van der Waals surface area contributed by atoms with Crippen molar-refractivity contribution >= 4 is 11.3 Å². The van der Waals surface area contributed by atoms with E-state index in [1.807, 2.05) is 11.3 Å². The van der Waals surface area contributed by atoms with E-state index in [1.54, 1.807) is 0 Å². The third-order valence-electron chi connectivity index (χ3n) is 2.78. The minimum absolute atomic E-state index is 0.338. The molecule has 0 aliphatic heterocycles. The Bertz CT molecular complexity index is 355. The second kappa shape index (κ2) is 5.09. The summed E-state index contributed by atoms with van der Waals surface area (Å²) in [6.07, 6.45) is 4.39. The number of hydrogen-bond donors (Lipinski definition) is 0. The molecule has 0 N–H and O–H groups in total. The lowest BCUT2D eigenvalue weighted by Gasteiger charge is -2.31. The molecule has 0 aliphatic rings. The maximum absolute atomic E-state index is 4.57. The highest BCUT2D eigenvalue weighted by Crippen LogP contribution is 2.37. The minimum atomic E-state index is 0.338. The first kappa shape index (κ1) is 14.7. The summed E-state index contributed by atoms with van der Waals surface area (Å²) in [5.74, 6) is 0.604. The predicted molar refractivity (Wildman–Crippen MR) is 77.8 cm³/mol. The van der Waals surface area contributed by atoms with Crippen molar-refractivity contribution in [1.82, 2.24) is 4.98 Å². The Kier molecular flexibility index (Phi) is 4.40. The van der Waals surface area contributed by atoms with Crippen LogP contribution in [0.1, 0.15) is 70.7 Å². The average Bonchev–Trinajstić information content (AvgIpc) is 2.46. The van der Waals surface area contributed by atoms with Crippen molar-refractivity contribution in [3.8, 4) is 0 Å². The number of rotatable bonds is 4. The Morgan fingerprint density at radius 2 is 1.76 bits per heavy atom. The highest BCUT2D eigenvalue weighted by atomic mass is 32.1. The Morgan fingerprint density at radius 1 is 1.18 bits per heavy atom. The van der Waals surface area contributed by atoms with E-state index in [-0.39, 0.29) is 0 Å². The molecular formula is C15H27NS. The van der Waals surface area contributed by atoms with Crippen LogP contribution in [0.15, 0.2) is 6.20 Å². The highest BCUT2D eigenvalue weighted by molar-refractivity contribution is 7.11. The summed E-state index contributed by atoms with van der Waals surface area (Å²) >= 11 is 1.88. The van der Waals surface area contributed by atoms with Crippen LogP contribution < -0.4 is 0 Å². The highest BCUT2D eigenvalue weighted by Gasteiger charge is 2.26. The van der Waals surface area contributed by atoms with Gasteiger partial charge in [-0.05, 0) is 23.2 Å². The van der Waals surface area contributed by atoms with Gasteiger partial charge >= 0.3 is 0 Å². The smallest absolute Gasteiger partial charge is 0.0933 e. The fourth-order valence-corrected chi connectivity index (χ4v) is 3.76. The van der Waals surface area contributed by atoms with Crippen molar-refractivity contribution in [3.63, 3.8) is 0 Å². The number of aromatic nitrogens is 1. The van der Waals surface area contributed by atoms with Crippen molar-refractivity contribution in [3.05, 3.63) is 16.1 Å². The SMILES string of the molecule is CC(C)c1cnc(CC(C)(C)CC(C)(C)C)s1. The predicted octanol–water partition coefficient (Wildman–Crippen LogP) is 5.27. The second-order valence-electron chi connectivity index (χ2n) is 7.39. The van der Waals surface area contributed by atoms with E-state index < -0.39 is 0 Å². The molecule has 0 fully saturated rings. The van der Waals surface area contributed by atoms with Crippen molar-refractivity contribution < 1.29 is 0 Å². The summed E-state index contributed by atoms with van der Waals surface area (Å²) in [5, 5.41) is 1.29. The van der Waals surface area contributed by atoms with Crippen molar-refractivity contribution in [1.29, 1.82) is 0 Å². The van der Waals surface area contributed by atoms with Crippen molar-refractivity contribution in [2.75, 3.05) is 0 Å². The molecule has 0 saturated heterocycles. The quantitative estimate of drug-likeness (QED) is 0.712. The van der Waals surface area contributed by atoms with Gasteiger partial charge in [0.1, 0.15) is 0 Å². The van der Waals surface area contributed by atoms with Crippen LogP contribution in [0.25, 0.3) is 0 Å². The molecular weight excluding hydrogens is 226 g/mol. The number of nitrogens with zero attached hydrogens (tertiary/aromatic N) is 1. The largest absolute Gasteiger partial charge is 0.249 e. The summed E-state index contributed by atoms with van der Waals surface area (Å²) in [6, 6.07) is 0. The van der Waals surface area contributed by atoms with E-state index in [4.69, 9.17) is 0 Å². The second-order valence-corrected chi connectivity index (χ2v) is 8.54. The molecule has 1 aromatic heterocycles. The van der Waals surface area contributed by atoms with Crippen LogP contribution in [0.2, 0.25) is 0 Å². The summed E-state index contributed by atoms with van der Waals surface area (Å²) in [7, 11) is 0. The molecule has 2 heteroatoms.